The van der Waals surface area contributed by atoms with Crippen molar-refractivity contribution in [3.8, 4) is 0 Å². The van der Waals surface area contributed by atoms with Gasteiger partial charge in [0.1, 0.15) is 0 Å². The molecule has 1 nitrogen and oxygen atoms in total. The van der Waals surface area contributed by atoms with Crippen LogP contribution in [0.2, 0.25) is 0 Å². The van der Waals surface area contributed by atoms with Crippen molar-refractivity contribution in [3.05, 3.63) is 0 Å². The van der Waals surface area contributed by atoms with Crippen LogP contribution in [0.25, 0.3) is 0 Å². The summed E-state index contributed by atoms with van der Waals surface area (Å²) in [6.45, 7) is 0. The second-order valence-corrected chi connectivity index (χ2v) is 1.25. The molecular formula is C2H2OW. The van der Waals surface area contributed by atoms with Crippen LogP contribution >= 0.6 is 0 Å². The van der Waals surface area contributed by atoms with Gasteiger partial charge in [0.25, 0.3) is 0 Å². The molecule has 0 aromatic rings. The van der Waals surface area contributed by atoms with E-state index in [0.29, 0.717) is 0 Å². The van der Waals surface area contributed by atoms with Gasteiger partial charge in [0.2, 0.25) is 0 Å². The first-order chi connectivity index (χ1) is 1.91. The van der Waals surface area contributed by atoms with E-state index in [9.17, 15) is 0 Å². The summed E-state index contributed by atoms with van der Waals surface area (Å²) in [5, 5.41) is 0. The topological polar surface area (TPSA) is 17.1 Å². The van der Waals surface area contributed by atoms with Gasteiger partial charge in [0.05, 0.1) is 0 Å². The molecule has 0 aliphatic rings. The number of hydrogen-bond donors (Lipinski definition) is 0. The van der Waals surface area contributed by atoms with E-state index < -0.39 is 0 Å². The Hall–Kier alpha value is 0.228. The fraction of sp³-hybridized carbons (Fsp3) is 0. The van der Waals surface area contributed by atoms with Crippen LogP contribution < -0.4 is 0 Å². The number of carbonyl (C=O) groups excluding carboxylic acids is 1. The first-order valence-electron chi connectivity index (χ1n) is 0.805. The van der Waals surface area contributed by atoms with E-state index in [1.165, 1.54) is 23.8 Å². The second kappa shape index (κ2) is 3.23. The zero-order valence-electron chi connectivity index (χ0n) is 1.97. The van der Waals surface area contributed by atoms with Gasteiger partial charge < -0.3 is 0 Å². The summed E-state index contributed by atoms with van der Waals surface area (Å²) >= 11 is 1.21. The van der Waals surface area contributed by atoms with Gasteiger partial charge >= 0.3 is 34.8 Å². The Kier molecular flexibility index (Phi) is 3.41. The molecule has 0 aromatic carbocycles. The zero-order chi connectivity index (χ0) is 3.41. The molecule has 0 amide bonds. The molecule has 0 spiro atoms. The summed E-state index contributed by atoms with van der Waals surface area (Å²) in [6, 6.07) is 0. The van der Waals surface area contributed by atoms with Crippen molar-refractivity contribution in [2.45, 2.75) is 0 Å². The van der Waals surface area contributed by atoms with E-state index in [1.54, 1.807) is 0 Å². The summed E-state index contributed by atoms with van der Waals surface area (Å²) in [5.74, 6) is 0. The molecule has 0 aliphatic heterocycles. The predicted molar refractivity (Wildman–Crippen MR) is 12.1 cm³/mol. The molecule has 0 radical (unpaired) electrons. The average molecular weight is 226 g/mol. The van der Waals surface area contributed by atoms with Gasteiger partial charge in [-0.15, -0.1) is 0 Å². The Morgan fingerprint density at radius 3 is 2.00 bits per heavy atom. The van der Waals surface area contributed by atoms with E-state index in [-0.39, 0.29) is 0 Å². The average Bonchev–Trinajstić information content (AvgIpc) is 1.37. The van der Waals surface area contributed by atoms with E-state index in [4.69, 9.17) is 4.79 Å². The fourth-order valence-corrected chi connectivity index (χ4v) is 0. The normalized spacial score (nSPS) is 5.00. The summed E-state index contributed by atoms with van der Waals surface area (Å²) < 4.78 is 1.53. The van der Waals surface area contributed by atoms with Gasteiger partial charge in [0, 0.05) is 0 Å². The zero-order valence-corrected chi connectivity index (χ0v) is 4.90. The van der Waals surface area contributed by atoms with Gasteiger partial charge in [0.15, 0.2) is 0 Å². The summed E-state index contributed by atoms with van der Waals surface area (Å²) in [7, 11) is 0. The van der Waals surface area contributed by atoms with Crippen molar-refractivity contribution >= 4 is 10.7 Å². The second-order valence-electron chi connectivity index (χ2n) is 0.272. The van der Waals surface area contributed by atoms with Gasteiger partial charge in [-0.2, -0.15) is 0 Å². The Morgan fingerprint density at radius 1 is 1.75 bits per heavy atom. The number of hydrogen-bond acceptors (Lipinski definition) is 1. The van der Waals surface area contributed by atoms with E-state index in [0.717, 1.165) is 6.29 Å². The van der Waals surface area contributed by atoms with Crippen molar-refractivity contribution in [2.24, 2.45) is 0 Å². The van der Waals surface area contributed by atoms with Gasteiger partial charge in [-0.25, -0.2) is 0 Å². The molecule has 22 valence electrons. The minimum absolute atomic E-state index is 0.787. The Balaban J connectivity index is 2.73. The monoisotopic (exact) mass is 226 g/mol. The first-order valence-corrected chi connectivity index (χ1v) is 2.50. The predicted octanol–water partition coefficient (Wildman–Crippen LogP) is -0.466. The standard InChI is InChI=1S/C2H2O.W/c1-2-3;/h1-2H;. The van der Waals surface area contributed by atoms with Crippen LogP contribution in [0.4, 0.5) is 0 Å². The molecule has 0 N–H and O–H groups in total. The van der Waals surface area contributed by atoms with Gasteiger partial charge in [-0.1, -0.05) is 0 Å². The molecule has 0 atom stereocenters. The molecule has 0 aliphatic carbocycles. The fourth-order valence-electron chi connectivity index (χ4n) is 0. The van der Waals surface area contributed by atoms with E-state index in [1.807, 2.05) is 0 Å². The molecule has 0 bridgehead atoms. The molecule has 0 heterocycles. The van der Waals surface area contributed by atoms with Crippen molar-refractivity contribution in [1.29, 1.82) is 0 Å². The molecule has 0 fully saturated rings. The molecular weight excluding hydrogens is 224 g/mol. The van der Waals surface area contributed by atoms with Gasteiger partial charge in [-0.05, 0) is 0 Å². The van der Waals surface area contributed by atoms with Crippen molar-refractivity contribution in [2.75, 3.05) is 0 Å². The maximum atomic E-state index is 9.14. The molecule has 0 unspecified atom stereocenters. The Bertz CT molecular complexity index is 27.0. The Labute approximate surface area is 35.4 Å². The van der Waals surface area contributed by atoms with Crippen LogP contribution in [0.3, 0.4) is 0 Å². The quantitative estimate of drug-likeness (QED) is 0.552. The molecule has 4 heavy (non-hydrogen) atoms. The number of carbonyl (C=O) groups is 1. The van der Waals surface area contributed by atoms with Crippen LogP contribution in [-0.2, 0) is 24.1 Å². The molecule has 0 saturated carbocycles. The van der Waals surface area contributed by atoms with E-state index >= 15 is 0 Å². The third-order valence-electron chi connectivity index (χ3n) is 0.0556. The number of rotatable bonds is 1. The minimum atomic E-state index is 0.787. The maximum absolute atomic E-state index is 9.14. The van der Waals surface area contributed by atoms with Crippen LogP contribution in [0, 0.1) is 0 Å². The third kappa shape index (κ3) is 2.23. The van der Waals surface area contributed by atoms with Gasteiger partial charge in [-0.3, -0.25) is 0 Å². The SMILES string of the molecule is O=C[CH]=[W]. The summed E-state index contributed by atoms with van der Waals surface area (Å²) in [6.07, 6.45) is 0.787. The molecule has 2 heteroatoms. The van der Waals surface area contributed by atoms with Crippen LogP contribution in [-0.4, -0.2) is 10.7 Å². The van der Waals surface area contributed by atoms with Crippen LogP contribution in [0.1, 0.15) is 0 Å². The molecule has 0 rings (SSSR count). The molecule has 0 aromatic heterocycles. The van der Waals surface area contributed by atoms with Crippen molar-refractivity contribution in [1.82, 2.24) is 0 Å². The van der Waals surface area contributed by atoms with Crippen molar-refractivity contribution in [3.63, 3.8) is 0 Å². The first kappa shape index (κ1) is 4.23. The van der Waals surface area contributed by atoms with Crippen molar-refractivity contribution < 1.29 is 24.1 Å². The molecule has 0 saturated heterocycles. The van der Waals surface area contributed by atoms with Crippen LogP contribution in [0.15, 0.2) is 0 Å². The summed E-state index contributed by atoms with van der Waals surface area (Å²) in [4.78, 5) is 9.14. The van der Waals surface area contributed by atoms with Crippen LogP contribution in [0.5, 0.6) is 0 Å². The van der Waals surface area contributed by atoms with E-state index in [2.05, 4.69) is 0 Å². The number of aldehydes is 1. The Morgan fingerprint density at radius 2 is 2.00 bits per heavy atom. The summed E-state index contributed by atoms with van der Waals surface area (Å²) in [5.41, 5.74) is 0. The third-order valence-corrected chi connectivity index (χ3v) is 0.455.